The first-order valence-electron chi connectivity index (χ1n) is 9.07. The van der Waals surface area contributed by atoms with E-state index in [1.54, 1.807) is 35.2 Å². The van der Waals surface area contributed by atoms with Crippen molar-refractivity contribution in [3.63, 3.8) is 0 Å². The summed E-state index contributed by atoms with van der Waals surface area (Å²) in [6, 6.07) is 12.3. The summed E-state index contributed by atoms with van der Waals surface area (Å²) in [6.45, 7) is 1.58. The molecule has 152 valence electrons. The van der Waals surface area contributed by atoms with Crippen molar-refractivity contribution in [1.29, 1.82) is 0 Å². The molecule has 1 fully saturated rings. The van der Waals surface area contributed by atoms with Crippen LogP contribution in [0.4, 0.5) is 11.4 Å². The van der Waals surface area contributed by atoms with Crippen LogP contribution < -0.4 is 14.9 Å². The Labute approximate surface area is 169 Å². The molecule has 2 N–H and O–H groups in total. The molecule has 0 spiro atoms. The maximum Gasteiger partial charge on any atom is 0.241 e. The van der Waals surface area contributed by atoms with E-state index >= 15 is 0 Å². The Kier molecular flexibility index (Phi) is 6.09. The molecule has 0 bridgehead atoms. The number of Topliss-reactive ketones (excluding diaryl/α,β-unsaturated/α-hetero) is 1. The molecule has 1 aliphatic heterocycles. The van der Waals surface area contributed by atoms with Crippen LogP contribution in [-0.4, -0.2) is 39.1 Å². The van der Waals surface area contributed by atoms with Crippen LogP contribution in [0.15, 0.2) is 53.4 Å². The summed E-state index contributed by atoms with van der Waals surface area (Å²) in [7, 11) is -3.89. The Morgan fingerprint density at radius 3 is 2.45 bits per heavy atom. The van der Waals surface area contributed by atoms with E-state index < -0.39 is 22.5 Å². The largest absolute Gasteiger partial charge is 0.325 e. The van der Waals surface area contributed by atoms with Gasteiger partial charge >= 0.3 is 0 Å². The molecular formula is C20H21N3O5S. The number of benzene rings is 2. The number of carbonyl (C=O) groups excluding carboxylic acids is 3. The standard InChI is InChI=1S/C20H21N3O5S/c1-14(24)15-4-2-5-16(12-15)22-19(25)13-21-29(27,28)18-9-7-17(8-10-18)23-11-3-6-20(23)26/h2,4-5,7-10,12,21H,3,6,11,13H2,1H3,(H,22,25). The maximum atomic E-state index is 12.4. The molecule has 0 saturated carbocycles. The minimum Gasteiger partial charge on any atom is -0.325 e. The molecule has 2 amide bonds. The summed E-state index contributed by atoms with van der Waals surface area (Å²) in [5.41, 5.74) is 1.50. The second kappa shape index (κ2) is 8.54. The van der Waals surface area contributed by atoms with Crippen molar-refractivity contribution in [3.8, 4) is 0 Å². The molecule has 1 saturated heterocycles. The molecule has 9 heteroatoms. The van der Waals surface area contributed by atoms with E-state index in [1.807, 2.05) is 0 Å². The average molecular weight is 415 g/mol. The van der Waals surface area contributed by atoms with E-state index in [1.165, 1.54) is 25.1 Å². The number of hydrogen-bond acceptors (Lipinski definition) is 5. The van der Waals surface area contributed by atoms with E-state index in [4.69, 9.17) is 0 Å². The van der Waals surface area contributed by atoms with E-state index in [2.05, 4.69) is 10.0 Å². The third kappa shape index (κ3) is 5.07. The van der Waals surface area contributed by atoms with Crippen molar-refractivity contribution in [1.82, 2.24) is 4.72 Å². The Morgan fingerprint density at radius 1 is 1.10 bits per heavy atom. The number of nitrogens with zero attached hydrogens (tertiary/aromatic N) is 1. The molecule has 1 aliphatic rings. The molecule has 0 radical (unpaired) electrons. The van der Waals surface area contributed by atoms with Gasteiger partial charge in [-0.2, -0.15) is 0 Å². The van der Waals surface area contributed by atoms with Gasteiger partial charge in [0.2, 0.25) is 21.8 Å². The third-order valence-electron chi connectivity index (χ3n) is 4.51. The minimum absolute atomic E-state index is 0.000673. The van der Waals surface area contributed by atoms with Crippen LogP contribution in [0.5, 0.6) is 0 Å². The Balaban J connectivity index is 1.60. The lowest BCUT2D eigenvalue weighted by molar-refractivity contribution is -0.117. The van der Waals surface area contributed by atoms with Gasteiger partial charge in [0.15, 0.2) is 5.78 Å². The van der Waals surface area contributed by atoms with Crippen molar-refractivity contribution < 1.29 is 22.8 Å². The highest BCUT2D eigenvalue weighted by atomic mass is 32.2. The molecular weight excluding hydrogens is 394 g/mol. The summed E-state index contributed by atoms with van der Waals surface area (Å²) in [5, 5.41) is 2.55. The van der Waals surface area contributed by atoms with Crippen molar-refractivity contribution in [2.24, 2.45) is 0 Å². The third-order valence-corrected chi connectivity index (χ3v) is 5.92. The molecule has 3 rings (SSSR count). The maximum absolute atomic E-state index is 12.4. The van der Waals surface area contributed by atoms with Gasteiger partial charge in [-0.1, -0.05) is 12.1 Å². The van der Waals surface area contributed by atoms with Crippen LogP contribution in [0.1, 0.15) is 30.1 Å². The van der Waals surface area contributed by atoms with Crippen molar-refractivity contribution in [3.05, 3.63) is 54.1 Å². The van der Waals surface area contributed by atoms with Gasteiger partial charge in [-0.3, -0.25) is 14.4 Å². The second-order valence-corrected chi connectivity index (χ2v) is 8.42. The molecule has 29 heavy (non-hydrogen) atoms. The molecule has 0 aromatic heterocycles. The first kappa shape index (κ1) is 20.7. The number of amides is 2. The molecule has 0 unspecified atom stereocenters. The number of anilines is 2. The lowest BCUT2D eigenvalue weighted by atomic mass is 10.1. The van der Waals surface area contributed by atoms with Gasteiger partial charge in [0.05, 0.1) is 11.4 Å². The van der Waals surface area contributed by atoms with Crippen LogP contribution in [0.3, 0.4) is 0 Å². The highest BCUT2D eigenvalue weighted by Crippen LogP contribution is 2.22. The number of ketones is 1. The number of nitrogens with one attached hydrogen (secondary N) is 2. The van der Waals surface area contributed by atoms with Crippen molar-refractivity contribution >= 4 is 39.0 Å². The molecule has 0 aliphatic carbocycles. The van der Waals surface area contributed by atoms with Gasteiger partial charge in [-0.25, -0.2) is 13.1 Å². The van der Waals surface area contributed by atoms with Crippen molar-refractivity contribution in [2.45, 2.75) is 24.7 Å². The van der Waals surface area contributed by atoms with Crippen LogP contribution >= 0.6 is 0 Å². The zero-order valence-corrected chi connectivity index (χ0v) is 16.7. The Hall–Kier alpha value is -3.04. The van der Waals surface area contributed by atoms with Gasteiger partial charge in [-0.05, 0) is 49.7 Å². The zero-order chi connectivity index (χ0) is 21.0. The predicted molar refractivity (Wildman–Crippen MR) is 108 cm³/mol. The highest BCUT2D eigenvalue weighted by molar-refractivity contribution is 7.89. The average Bonchev–Trinajstić information content (AvgIpc) is 3.13. The summed E-state index contributed by atoms with van der Waals surface area (Å²) < 4.78 is 27.1. The van der Waals surface area contributed by atoms with Crippen LogP contribution in [0, 0.1) is 0 Å². The monoisotopic (exact) mass is 415 g/mol. The zero-order valence-electron chi connectivity index (χ0n) is 15.8. The van der Waals surface area contributed by atoms with Crippen LogP contribution in [0.2, 0.25) is 0 Å². The molecule has 8 nitrogen and oxygen atoms in total. The van der Waals surface area contributed by atoms with Gasteiger partial charge < -0.3 is 10.2 Å². The molecule has 2 aromatic rings. The lowest BCUT2D eigenvalue weighted by Crippen LogP contribution is -2.33. The normalized spacial score (nSPS) is 14.1. The molecule has 0 atom stereocenters. The summed E-state index contributed by atoms with van der Waals surface area (Å²) in [4.78, 5) is 36.9. The van der Waals surface area contributed by atoms with E-state index in [-0.39, 0.29) is 16.6 Å². The lowest BCUT2D eigenvalue weighted by Gasteiger charge is -2.16. The van der Waals surface area contributed by atoms with Gasteiger partial charge in [0.25, 0.3) is 0 Å². The fourth-order valence-corrected chi connectivity index (χ4v) is 3.97. The van der Waals surface area contributed by atoms with E-state index in [9.17, 15) is 22.8 Å². The van der Waals surface area contributed by atoms with Gasteiger partial charge in [-0.15, -0.1) is 0 Å². The van der Waals surface area contributed by atoms with Gasteiger partial charge in [0.1, 0.15) is 0 Å². The molecule has 2 aromatic carbocycles. The smallest absolute Gasteiger partial charge is 0.241 e. The SMILES string of the molecule is CC(=O)c1cccc(NC(=O)CNS(=O)(=O)c2ccc(N3CCCC3=O)cc2)c1. The number of rotatable bonds is 7. The minimum atomic E-state index is -3.89. The quantitative estimate of drug-likeness (QED) is 0.671. The van der Waals surface area contributed by atoms with Gasteiger partial charge in [0, 0.05) is 29.9 Å². The summed E-state index contributed by atoms with van der Waals surface area (Å²) in [6.07, 6.45) is 1.27. The first-order chi connectivity index (χ1) is 13.8. The summed E-state index contributed by atoms with van der Waals surface area (Å²) >= 11 is 0. The highest BCUT2D eigenvalue weighted by Gasteiger charge is 2.22. The topological polar surface area (TPSA) is 113 Å². The number of hydrogen-bond donors (Lipinski definition) is 2. The molecule has 1 heterocycles. The van der Waals surface area contributed by atoms with Crippen molar-refractivity contribution in [2.75, 3.05) is 23.3 Å². The second-order valence-electron chi connectivity index (χ2n) is 6.65. The number of carbonyl (C=O) groups is 3. The fraction of sp³-hybridized carbons (Fsp3) is 0.250. The summed E-state index contributed by atoms with van der Waals surface area (Å²) in [5.74, 6) is -0.682. The Morgan fingerprint density at radius 2 is 1.83 bits per heavy atom. The predicted octanol–water partition coefficient (Wildman–Crippen LogP) is 1.93. The van der Waals surface area contributed by atoms with E-state index in [0.29, 0.717) is 29.9 Å². The van der Waals surface area contributed by atoms with Crippen LogP contribution in [-0.2, 0) is 19.6 Å². The number of sulfonamides is 1. The van der Waals surface area contributed by atoms with Crippen LogP contribution in [0.25, 0.3) is 0 Å². The Bertz CT molecular complexity index is 1050. The van der Waals surface area contributed by atoms with E-state index in [0.717, 1.165) is 6.42 Å². The fourth-order valence-electron chi connectivity index (χ4n) is 2.99. The first-order valence-corrected chi connectivity index (χ1v) is 10.6.